The summed E-state index contributed by atoms with van der Waals surface area (Å²) in [5.41, 5.74) is 2.13. The van der Waals surface area contributed by atoms with Crippen LogP contribution in [0.15, 0.2) is 18.7 Å². The van der Waals surface area contributed by atoms with E-state index in [4.69, 9.17) is 0 Å². The minimum absolute atomic E-state index is 1.04. The van der Waals surface area contributed by atoms with Gasteiger partial charge in [-0.25, -0.2) is 0 Å². The average molecular weight is 135 g/mol. The van der Waals surface area contributed by atoms with Gasteiger partial charge in [0.15, 0.2) is 0 Å². The van der Waals surface area contributed by atoms with E-state index in [-0.39, 0.29) is 0 Å². The molecule has 1 rings (SSSR count). The Morgan fingerprint density at radius 3 is 2.80 bits per heavy atom. The number of allylic oxidation sites excluding steroid dienone is 1. The van der Waals surface area contributed by atoms with Crippen LogP contribution < -0.4 is 0 Å². The first kappa shape index (κ1) is 7.06. The van der Waals surface area contributed by atoms with Gasteiger partial charge in [-0.2, -0.15) is 5.10 Å². The zero-order valence-electron chi connectivity index (χ0n) is 6.33. The Hall–Kier alpha value is -1.05. The monoisotopic (exact) mass is 135 g/mol. The van der Waals surface area contributed by atoms with Crippen molar-refractivity contribution in [2.24, 2.45) is 7.05 Å². The molecule has 1 heterocycles. The van der Waals surface area contributed by atoms with Gasteiger partial charge in [-0.3, -0.25) is 4.68 Å². The summed E-state index contributed by atoms with van der Waals surface area (Å²) in [4.78, 5) is 0. The Morgan fingerprint density at radius 2 is 2.40 bits per heavy atom. The van der Waals surface area contributed by atoms with Crippen molar-refractivity contribution in [1.29, 1.82) is 0 Å². The number of nitrogens with zero attached hydrogens (tertiary/aromatic N) is 2. The zero-order valence-corrected chi connectivity index (χ0v) is 6.33. The summed E-state index contributed by atoms with van der Waals surface area (Å²) in [6.45, 7) is 5.58. The first-order chi connectivity index (χ1) is 4.74. The van der Waals surface area contributed by atoms with Crippen LogP contribution in [0.25, 0.3) is 0 Å². The third-order valence-corrected chi connectivity index (χ3v) is 1.33. The minimum atomic E-state index is 1.04. The van der Waals surface area contributed by atoms with E-state index in [1.807, 2.05) is 31.1 Å². The average Bonchev–Trinajstić information content (AvgIpc) is 2.13. The maximum Gasteiger partial charge on any atom is 0.0596 e. The quantitative estimate of drug-likeness (QED) is 0.600. The first-order valence-corrected chi connectivity index (χ1v) is 3.20. The maximum absolute atomic E-state index is 4.17. The number of aromatic nitrogens is 2. The number of hydrogen-bond acceptors (Lipinski definition) is 1. The van der Waals surface area contributed by atoms with Crippen molar-refractivity contribution >= 4 is 0 Å². The molecule has 1 aromatic heterocycles. The van der Waals surface area contributed by atoms with Gasteiger partial charge >= 0.3 is 0 Å². The second-order valence-corrected chi connectivity index (χ2v) is 2.24. The lowest BCUT2D eigenvalue weighted by molar-refractivity contribution is 0.738. The van der Waals surface area contributed by atoms with Crippen LogP contribution in [0, 0.1) is 13.3 Å². The van der Waals surface area contributed by atoms with Gasteiger partial charge < -0.3 is 0 Å². The molecular formula is C8H11N2. The highest BCUT2D eigenvalue weighted by molar-refractivity contribution is 5.21. The molecule has 0 atom stereocenters. The van der Waals surface area contributed by atoms with Gasteiger partial charge in [0.25, 0.3) is 0 Å². The lowest BCUT2D eigenvalue weighted by Crippen LogP contribution is -1.94. The summed E-state index contributed by atoms with van der Waals surface area (Å²) in [5, 5.41) is 4.17. The summed E-state index contributed by atoms with van der Waals surface area (Å²) in [7, 11) is 1.92. The summed E-state index contributed by atoms with van der Waals surface area (Å²) in [6.07, 6.45) is 3.69. The van der Waals surface area contributed by atoms with E-state index in [0.717, 1.165) is 11.4 Å². The molecule has 1 aromatic rings. The first-order valence-electron chi connectivity index (χ1n) is 3.20. The predicted octanol–water partition coefficient (Wildman–Crippen LogP) is 1.47. The third kappa shape index (κ3) is 1.26. The molecular weight excluding hydrogens is 124 g/mol. The standard InChI is InChI=1S/C8H11N2/c1-4-5-8-6-7(2)9-10(8)3/h4-6H,1H2,2-3H3. The normalized spacial score (nSPS) is 9.80. The van der Waals surface area contributed by atoms with Gasteiger partial charge in [-0.1, -0.05) is 6.08 Å². The summed E-state index contributed by atoms with van der Waals surface area (Å²) in [5.74, 6) is 0. The van der Waals surface area contributed by atoms with Crippen LogP contribution in [0.3, 0.4) is 0 Å². The van der Waals surface area contributed by atoms with Crippen molar-refractivity contribution in [2.75, 3.05) is 0 Å². The number of hydrogen-bond donors (Lipinski definition) is 0. The highest BCUT2D eigenvalue weighted by Crippen LogP contribution is 2.03. The van der Waals surface area contributed by atoms with Crippen LogP contribution in [-0.2, 0) is 7.05 Å². The van der Waals surface area contributed by atoms with E-state index >= 15 is 0 Å². The van der Waals surface area contributed by atoms with E-state index in [0.29, 0.717) is 0 Å². The fourth-order valence-electron chi connectivity index (χ4n) is 0.907. The van der Waals surface area contributed by atoms with Crippen LogP contribution in [-0.4, -0.2) is 9.78 Å². The highest BCUT2D eigenvalue weighted by Gasteiger charge is 1.97. The molecule has 0 aliphatic rings. The van der Waals surface area contributed by atoms with Crippen molar-refractivity contribution in [2.45, 2.75) is 6.92 Å². The van der Waals surface area contributed by atoms with Crippen molar-refractivity contribution in [3.63, 3.8) is 0 Å². The van der Waals surface area contributed by atoms with E-state index in [9.17, 15) is 0 Å². The van der Waals surface area contributed by atoms with Crippen LogP contribution in [0.2, 0.25) is 0 Å². The van der Waals surface area contributed by atoms with E-state index < -0.39 is 0 Å². The Kier molecular flexibility index (Phi) is 1.90. The molecule has 0 aliphatic heterocycles. The largest absolute Gasteiger partial charge is 0.272 e. The molecule has 0 aliphatic carbocycles. The van der Waals surface area contributed by atoms with E-state index in [1.165, 1.54) is 0 Å². The van der Waals surface area contributed by atoms with Crippen LogP contribution in [0.5, 0.6) is 0 Å². The summed E-state index contributed by atoms with van der Waals surface area (Å²) in [6, 6.07) is 2.02. The fraction of sp³-hybridized carbons (Fsp3) is 0.250. The Morgan fingerprint density at radius 1 is 1.70 bits per heavy atom. The smallest absolute Gasteiger partial charge is 0.0596 e. The molecule has 1 radical (unpaired) electrons. The molecule has 0 fully saturated rings. The lowest BCUT2D eigenvalue weighted by atomic mass is 10.3. The minimum Gasteiger partial charge on any atom is -0.272 e. The maximum atomic E-state index is 4.17. The predicted molar refractivity (Wildman–Crippen MR) is 41.5 cm³/mol. The second kappa shape index (κ2) is 2.69. The molecule has 0 bridgehead atoms. The number of aryl methyl sites for hydroxylation is 2. The molecule has 0 N–H and O–H groups in total. The van der Waals surface area contributed by atoms with Crippen molar-refractivity contribution < 1.29 is 0 Å². The Balaban J connectivity index is 2.91. The molecule has 0 saturated heterocycles. The summed E-state index contributed by atoms with van der Waals surface area (Å²) >= 11 is 0. The molecule has 0 unspecified atom stereocenters. The van der Waals surface area contributed by atoms with Gasteiger partial charge in [0.2, 0.25) is 0 Å². The Labute approximate surface area is 61.2 Å². The van der Waals surface area contributed by atoms with Crippen LogP contribution in [0.1, 0.15) is 11.4 Å². The fourth-order valence-corrected chi connectivity index (χ4v) is 0.907. The molecule has 0 aromatic carbocycles. The van der Waals surface area contributed by atoms with Crippen LogP contribution >= 0.6 is 0 Å². The molecule has 0 saturated carbocycles. The molecule has 53 valence electrons. The lowest BCUT2D eigenvalue weighted by Gasteiger charge is -1.93. The third-order valence-electron chi connectivity index (χ3n) is 1.33. The SMILES string of the molecule is C=C[CH]c1cc(C)nn1C. The van der Waals surface area contributed by atoms with Gasteiger partial charge in [0.1, 0.15) is 0 Å². The highest BCUT2D eigenvalue weighted by atomic mass is 15.3. The molecule has 2 nitrogen and oxygen atoms in total. The van der Waals surface area contributed by atoms with Crippen molar-refractivity contribution in [1.82, 2.24) is 9.78 Å². The van der Waals surface area contributed by atoms with Gasteiger partial charge in [0.05, 0.1) is 5.69 Å². The van der Waals surface area contributed by atoms with Crippen molar-refractivity contribution in [3.05, 3.63) is 36.5 Å². The topological polar surface area (TPSA) is 17.8 Å². The zero-order chi connectivity index (χ0) is 7.56. The van der Waals surface area contributed by atoms with Gasteiger partial charge in [-0.15, -0.1) is 6.58 Å². The van der Waals surface area contributed by atoms with Crippen LogP contribution in [0.4, 0.5) is 0 Å². The Bertz CT molecular complexity index is 235. The van der Waals surface area contributed by atoms with E-state index in [2.05, 4.69) is 11.7 Å². The van der Waals surface area contributed by atoms with Crippen molar-refractivity contribution in [3.8, 4) is 0 Å². The molecule has 0 amide bonds. The van der Waals surface area contributed by atoms with Gasteiger partial charge in [0, 0.05) is 19.2 Å². The second-order valence-electron chi connectivity index (χ2n) is 2.24. The van der Waals surface area contributed by atoms with Gasteiger partial charge in [-0.05, 0) is 13.0 Å². The summed E-state index contributed by atoms with van der Waals surface area (Å²) < 4.78 is 1.83. The van der Waals surface area contributed by atoms with E-state index in [1.54, 1.807) is 6.08 Å². The number of rotatable bonds is 2. The molecule has 2 heteroatoms. The molecule has 0 spiro atoms. The molecule has 10 heavy (non-hydrogen) atoms.